The fourth-order valence-corrected chi connectivity index (χ4v) is 4.35. The van der Waals surface area contributed by atoms with Crippen LogP contribution >= 0.6 is 0 Å². The molecule has 0 spiro atoms. The molecular formula is C15H21NO4S. The highest BCUT2D eigenvalue weighted by atomic mass is 32.2. The van der Waals surface area contributed by atoms with E-state index in [0.29, 0.717) is 13.0 Å². The van der Waals surface area contributed by atoms with Crippen LogP contribution in [-0.2, 0) is 25.3 Å². The van der Waals surface area contributed by atoms with Gasteiger partial charge in [-0.2, -0.15) is 4.31 Å². The van der Waals surface area contributed by atoms with Crippen molar-refractivity contribution in [2.24, 2.45) is 0 Å². The minimum Gasteiger partial charge on any atom is -0.465 e. The lowest BCUT2D eigenvalue weighted by Crippen LogP contribution is -2.48. The van der Waals surface area contributed by atoms with Gasteiger partial charge in [-0.25, -0.2) is 8.42 Å². The number of esters is 1. The van der Waals surface area contributed by atoms with E-state index in [-0.39, 0.29) is 12.4 Å². The molecule has 1 aromatic rings. The zero-order valence-electron chi connectivity index (χ0n) is 12.2. The average Bonchev–Trinajstić information content (AvgIpc) is 2.48. The summed E-state index contributed by atoms with van der Waals surface area (Å²) in [6.45, 7) is 2.38. The van der Waals surface area contributed by atoms with Crippen LogP contribution in [0.2, 0.25) is 0 Å². The quantitative estimate of drug-likeness (QED) is 0.780. The fourth-order valence-electron chi connectivity index (χ4n) is 2.58. The summed E-state index contributed by atoms with van der Waals surface area (Å²) in [6, 6.07) is 8.35. The van der Waals surface area contributed by atoms with E-state index in [9.17, 15) is 13.2 Å². The predicted octanol–water partition coefficient (Wildman–Crippen LogP) is 1.93. The van der Waals surface area contributed by atoms with E-state index in [2.05, 4.69) is 0 Å². The van der Waals surface area contributed by atoms with E-state index in [1.165, 1.54) is 4.31 Å². The number of sulfonamides is 1. The molecule has 0 amide bonds. The summed E-state index contributed by atoms with van der Waals surface area (Å²) in [5.41, 5.74) is 0.727. The maximum Gasteiger partial charge on any atom is 0.324 e. The Kier molecular flexibility index (Phi) is 5.36. The number of benzene rings is 1. The number of hydrogen-bond donors (Lipinski definition) is 0. The normalized spacial score (nSPS) is 20.1. The highest BCUT2D eigenvalue weighted by Gasteiger charge is 2.37. The van der Waals surface area contributed by atoms with E-state index in [0.717, 1.165) is 18.4 Å². The molecule has 1 atom stereocenters. The predicted molar refractivity (Wildman–Crippen MR) is 80.0 cm³/mol. The first-order chi connectivity index (χ1) is 10.0. The van der Waals surface area contributed by atoms with Gasteiger partial charge in [-0.3, -0.25) is 4.79 Å². The molecule has 0 aromatic heterocycles. The van der Waals surface area contributed by atoms with Gasteiger partial charge in [0.1, 0.15) is 6.04 Å². The van der Waals surface area contributed by atoms with Crippen molar-refractivity contribution in [1.82, 2.24) is 4.31 Å². The maximum absolute atomic E-state index is 12.6. The third-order valence-electron chi connectivity index (χ3n) is 3.56. The lowest BCUT2D eigenvalue weighted by molar-refractivity contribution is -0.148. The Labute approximate surface area is 126 Å². The molecule has 0 unspecified atom stereocenters. The second-order valence-corrected chi connectivity index (χ2v) is 7.04. The summed E-state index contributed by atoms with van der Waals surface area (Å²) in [5, 5.41) is 0. The number of rotatable bonds is 5. The van der Waals surface area contributed by atoms with Crippen molar-refractivity contribution in [3.8, 4) is 0 Å². The summed E-state index contributed by atoms with van der Waals surface area (Å²) >= 11 is 0. The van der Waals surface area contributed by atoms with Gasteiger partial charge in [0.2, 0.25) is 10.0 Å². The summed E-state index contributed by atoms with van der Waals surface area (Å²) in [6.07, 6.45) is 2.16. The number of nitrogens with zero attached hydrogens (tertiary/aromatic N) is 1. The van der Waals surface area contributed by atoms with Crippen molar-refractivity contribution in [2.75, 3.05) is 13.2 Å². The van der Waals surface area contributed by atoms with E-state index < -0.39 is 22.0 Å². The molecule has 116 valence electrons. The van der Waals surface area contributed by atoms with Crippen LogP contribution in [0.4, 0.5) is 0 Å². The Hall–Kier alpha value is -1.40. The molecule has 0 bridgehead atoms. The number of carbonyl (C=O) groups is 1. The van der Waals surface area contributed by atoms with E-state index >= 15 is 0 Å². The first-order valence-electron chi connectivity index (χ1n) is 7.24. The summed E-state index contributed by atoms with van der Waals surface area (Å²) in [4.78, 5) is 12.0. The minimum atomic E-state index is -3.52. The zero-order valence-corrected chi connectivity index (χ0v) is 13.0. The van der Waals surface area contributed by atoms with Gasteiger partial charge < -0.3 is 4.74 Å². The van der Waals surface area contributed by atoms with Crippen LogP contribution in [0.25, 0.3) is 0 Å². The smallest absolute Gasteiger partial charge is 0.324 e. The van der Waals surface area contributed by atoms with Crippen molar-refractivity contribution in [3.63, 3.8) is 0 Å². The molecule has 1 fully saturated rings. The van der Waals surface area contributed by atoms with Crippen molar-refractivity contribution < 1.29 is 17.9 Å². The lowest BCUT2D eigenvalue weighted by atomic mass is 10.1. The average molecular weight is 311 g/mol. The molecule has 1 aromatic carbocycles. The third-order valence-corrected chi connectivity index (χ3v) is 5.41. The molecule has 0 aliphatic carbocycles. The summed E-state index contributed by atoms with van der Waals surface area (Å²) in [5.74, 6) is -0.516. The van der Waals surface area contributed by atoms with Crippen LogP contribution in [0.1, 0.15) is 31.7 Å². The molecule has 0 radical (unpaired) electrons. The zero-order chi connectivity index (χ0) is 15.3. The van der Waals surface area contributed by atoms with Crippen molar-refractivity contribution >= 4 is 16.0 Å². The molecule has 1 aliphatic rings. The second-order valence-electron chi connectivity index (χ2n) is 5.12. The molecule has 1 heterocycles. The van der Waals surface area contributed by atoms with Gasteiger partial charge in [-0.15, -0.1) is 0 Å². The van der Waals surface area contributed by atoms with Crippen LogP contribution in [-0.4, -0.2) is 37.9 Å². The topological polar surface area (TPSA) is 63.7 Å². The maximum atomic E-state index is 12.6. The van der Waals surface area contributed by atoms with Gasteiger partial charge in [0.25, 0.3) is 0 Å². The van der Waals surface area contributed by atoms with Gasteiger partial charge in [0.05, 0.1) is 12.4 Å². The highest BCUT2D eigenvalue weighted by Crippen LogP contribution is 2.23. The number of carbonyl (C=O) groups excluding carboxylic acids is 1. The molecule has 1 saturated heterocycles. The minimum absolute atomic E-state index is 0.0796. The van der Waals surface area contributed by atoms with E-state index in [4.69, 9.17) is 4.74 Å². The van der Waals surface area contributed by atoms with Crippen molar-refractivity contribution in [3.05, 3.63) is 35.9 Å². The standard InChI is InChI=1S/C15H21NO4S/c1-2-20-15(17)14-10-6-7-11-16(14)21(18,19)12-13-8-4-3-5-9-13/h3-5,8-9,14H,2,6-7,10-12H2,1H3/t14-/m0/s1. The van der Waals surface area contributed by atoms with Crippen LogP contribution in [0.3, 0.4) is 0 Å². The van der Waals surface area contributed by atoms with Gasteiger partial charge in [-0.05, 0) is 31.7 Å². The van der Waals surface area contributed by atoms with Crippen LogP contribution in [0, 0.1) is 0 Å². The Morgan fingerprint density at radius 3 is 2.67 bits per heavy atom. The van der Waals surface area contributed by atoms with Crippen molar-refractivity contribution in [1.29, 1.82) is 0 Å². The van der Waals surface area contributed by atoms with Gasteiger partial charge >= 0.3 is 5.97 Å². The molecule has 2 rings (SSSR count). The van der Waals surface area contributed by atoms with Gasteiger partial charge in [0, 0.05) is 6.54 Å². The largest absolute Gasteiger partial charge is 0.465 e. The third kappa shape index (κ3) is 4.04. The first-order valence-corrected chi connectivity index (χ1v) is 8.85. The fraction of sp³-hybridized carbons (Fsp3) is 0.533. The lowest BCUT2D eigenvalue weighted by Gasteiger charge is -2.33. The molecular weight excluding hydrogens is 290 g/mol. The number of piperidine rings is 1. The molecule has 6 heteroatoms. The Morgan fingerprint density at radius 2 is 2.00 bits per heavy atom. The second kappa shape index (κ2) is 7.04. The molecule has 0 saturated carbocycles. The highest BCUT2D eigenvalue weighted by molar-refractivity contribution is 7.88. The summed E-state index contributed by atoms with van der Waals surface area (Å²) < 4.78 is 31.5. The first kappa shape index (κ1) is 16.0. The molecule has 5 nitrogen and oxygen atoms in total. The molecule has 0 N–H and O–H groups in total. The number of hydrogen-bond acceptors (Lipinski definition) is 4. The van der Waals surface area contributed by atoms with Crippen molar-refractivity contribution in [2.45, 2.75) is 38.0 Å². The van der Waals surface area contributed by atoms with Crippen LogP contribution in [0.15, 0.2) is 30.3 Å². The van der Waals surface area contributed by atoms with E-state index in [1.807, 2.05) is 18.2 Å². The van der Waals surface area contributed by atoms with E-state index in [1.54, 1.807) is 19.1 Å². The molecule has 1 aliphatic heterocycles. The van der Waals surface area contributed by atoms with Crippen LogP contribution in [0.5, 0.6) is 0 Å². The van der Waals surface area contributed by atoms with Gasteiger partial charge in [0.15, 0.2) is 0 Å². The number of ether oxygens (including phenoxy) is 1. The molecule has 21 heavy (non-hydrogen) atoms. The Morgan fingerprint density at radius 1 is 1.29 bits per heavy atom. The van der Waals surface area contributed by atoms with Crippen LogP contribution < -0.4 is 0 Å². The summed E-state index contributed by atoms with van der Waals surface area (Å²) in [7, 11) is -3.52. The Balaban J connectivity index is 2.17. The Bertz CT molecular complexity index is 571. The monoisotopic (exact) mass is 311 g/mol. The SMILES string of the molecule is CCOC(=O)[C@@H]1CCCCN1S(=O)(=O)Cc1ccccc1. The van der Waals surface area contributed by atoms with Gasteiger partial charge in [-0.1, -0.05) is 30.3 Å².